The molecule has 0 aliphatic rings. The van der Waals surface area contributed by atoms with Crippen LogP contribution in [0.3, 0.4) is 0 Å². The van der Waals surface area contributed by atoms with E-state index in [1.165, 1.54) is 16.7 Å². The number of rotatable bonds is 4. The third kappa shape index (κ3) is 3.71. The summed E-state index contributed by atoms with van der Waals surface area (Å²) in [5.74, 6) is -1.25. The minimum Gasteiger partial charge on any atom is -0.476 e. The lowest BCUT2D eigenvalue weighted by atomic mass is 9.83. The van der Waals surface area contributed by atoms with E-state index in [-0.39, 0.29) is 23.6 Å². The molecule has 1 amide bonds. The Morgan fingerprint density at radius 2 is 1.95 bits per heavy atom. The molecule has 5 nitrogen and oxygen atoms in total. The highest BCUT2D eigenvalue weighted by atomic mass is 32.1. The van der Waals surface area contributed by atoms with Gasteiger partial charge in [0.1, 0.15) is 5.01 Å². The molecule has 0 saturated heterocycles. The van der Waals surface area contributed by atoms with Crippen molar-refractivity contribution in [3.8, 4) is 0 Å². The Kier molecular flexibility index (Phi) is 4.61. The summed E-state index contributed by atoms with van der Waals surface area (Å²) in [5.41, 5.74) is 1.47. The van der Waals surface area contributed by atoms with Gasteiger partial charge in [0.2, 0.25) is 0 Å². The van der Waals surface area contributed by atoms with E-state index in [4.69, 9.17) is 5.11 Å². The minimum absolute atomic E-state index is 0.00402. The molecule has 1 heterocycles. The molecular weight excluding hydrogens is 300 g/mol. The highest BCUT2D eigenvalue weighted by Crippen LogP contribution is 2.25. The summed E-state index contributed by atoms with van der Waals surface area (Å²) in [4.78, 5) is 27.1. The van der Waals surface area contributed by atoms with Gasteiger partial charge >= 0.3 is 5.97 Å². The maximum Gasteiger partial charge on any atom is 0.355 e. The number of carboxylic acid groups (broad SMARTS) is 1. The SMILES string of the molecule is CC(C)(C)c1ccccc1C(=O)NCc1nc(C(=O)O)cs1. The summed E-state index contributed by atoms with van der Waals surface area (Å²) >= 11 is 1.22. The highest BCUT2D eigenvalue weighted by Gasteiger charge is 2.21. The molecule has 1 aromatic heterocycles. The first kappa shape index (κ1) is 16.2. The van der Waals surface area contributed by atoms with Crippen molar-refractivity contribution in [2.24, 2.45) is 0 Å². The van der Waals surface area contributed by atoms with Gasteiger partial charge in [-0.05, 0) is 17.0 Å². The second kappa shape index (κ2) is 6.27. The van der Waals surface area contributed by atoms with Crippen LogP contribution in [0, 0.1) is 0 Å². The molecule has 0 spiro atoms. The van der Waals surface area contributed by atoms with E-state index in [9.17, 15) is 9.59 Å². The molecule has 2 rings (SSSR count). The number of thiazole rings is 1. The van der Waals surface area contributed by atoms with Crippen molar-refractivity contribution in [3.05, 3.63) is 51.5 Å². The molecule has 0 saturated carbocycles. The fraction of sp³-hybridized carbons (Fsp3) is 0.312. The second-order valence-electron chi connectivity index (χ2n) is 5.91. The largest absolute Gasteiger partial charge is 0.476 e. The zero-order valence-corrected chi connectivity index (χ0v) is 13.5. The second-order valence-corrected chi connectivity index (χ2v) is 6.85. The van der Waals surface area contributed by atoms with Crippen LogP contribution < -0.4 is 5.32 Å². The van der Waals surface area contributed by atoms with E-state index < -0.39 is 5.97 Å². The van der Waals surface area contributed by atoms with Gasteiger partial charge < -0.3 is 10.4 Å². The Balaban J connectivity index is 2.11. The van der Waals surface area contributed by atoms with Gasteiger partial charge in [-0.15, -0.1) is 11.3 Å². The number of aromatic nitrogens is 1. The van der Waals surface area contributed by atoms with Crippen LogP contribution >= 0.6 is 11.3 Å². The number of amides is 1. The topological polar surface area (TPSA) is 79.3 Å². The van der Waals surface area contributed by atoms with Crippen molar-refractivity contribution >= 4 is 23.2 Å². The molecule has 1 aromatic carbocycles. The molecule has 6 heteroatoms. The molecule has 0 aliphatic heterocycles. The van der Waals surface area contributed by atoms with Gasteiger partial charge in [-0.1, -0.05) is 39.0 Å². The molecule has 2 N–H and O–H groups in total. The number of aromatic carboxylic acids is 1. The Labute approximate surface area is 133 Å². The third-order valence-corrected chi connectivity index (χ3v) is 4.00. The lowest BCUT2D eigenvalue weighted by Crippen LogP contribution is -2.26. The number of benzene rings is 1. The van der Waals surface area contributed by atoms with Crippen molar-refractivity contribution in [1.29, 1.82) is 0 Å². The predicted octanol–water partition coefficient (Wildman–Crippen LogP) is 3.07. The molecule has 0 radical (unpaired) electrons. The van der Waals surface area contributed by atoms with Gasteiger partial charge in [0.05, 0.1) is 6.54 Å². The molecular formula is C16H18N2O3S. The number of hydrogen-bond donors (Lipinski definition) is 2. The molecule has 0 fully saturated rings. The van der Waals surface area contributed by atoms with Gasteiger partial charge in [-0.2, -0.15) is 0 Å². The Morgan fingerprint density at radius 1 is 1.27 bits per heavy atom. The number of nitrogens with one attached hydrogen (secondary N) is 1. The maximum atomic E-state index is 12.4. The molecule has 0 aliphatic carbocycles. The van der Waals surface area contributed by atoms with Gasteiger partial charge in [0.25, 0.3) is 5.91 Å². The third-order valence-electron chi connectivity index (χ3n) is 3.15. The van der Waals surface area contributed by atoms with Crippen LogP contribution in [0.1, 0.15) is 52.2 Å². The monoisotopic (exact) mass is 318 g/mol. The van der Waals surface area contributed by atoms with Crippen LogP contribution in [0.2, 0.25) is 0 Å². The van der Waals surface area contributed by atoms with E-state index in [0.717, 1.165) is 5.56 Å². The number of hydrogen-bond acceptors (Lipinski definition) is 4. The van der Waals surface area contributed by atoms with Crippen LogP contribution in [0.5, 0.6) is 0 Å². The molecule has 2 aromatic rings. The average Bonchev–Trinajstić information content (AvgIpc) is 2.93. The molecule has 0 unspecified atom stereocenters. The summed E-state index contributed by atoms with van der Waals surface area (Å²) in [7, 11) is 0. The molecule has 22 heavy (non-hydrogen) atoms. The van der Waals surface area contributed by atoms with E-state index in [2.05, 4.69) is 31.1 Å². The summed E-state index contributed by atoms with van der Waals surface area (Å²) in [5, 5.41) is 13.7. The van der Waals surface area contributed by atoms with Crippen molar-refractivity contribution in [3.63, 3.8) is 0 Å². The van der Waals surface area contributed by atoms with E-state index in [1.807, 2.05) is 18.2 Å². The van der Waals surface area contributed by atoms with Gasteiger partial charge in [-0.25, -0.2) is 9.78 Å². The normalized spacial score (nSPS) is 11.2. The van der Waals surface area contributed by atoms with Crippen LogP contribution in [-0.2, 0) is 12.0 Å². The summed E-state index contributed by atoms with van der Waals surface area (Å²) < 4.78 is 0. The summed E-state index contributed by atoms with van der Waals surface area (Å²) in [6.07, 6.45) is 0. The number of carboxylic acids is 1. The van der Waals surface area contributed by atoms with Gasteiger partial charge in [0, 0.05) is 10.9 Å². The first-order valence-corrected chi connectivity index (χ1v) is 7.72. The van der Waals surface area contributed by atoms with Crippen molar-refractivity contribution in [2.45, 2.75) is 32.7 Å². The van der Waals surface area contributed by atoms with Gasteiger partial charge in [-0.3, -0.25) is 4.79 Å². The van der Waals surface area contributed by atoms with Crippen LogP contribution in [-0.4, -0.2) is 22.0 Å². The highest BCUT2D eigenvalue weighted by molar-refractivity contribution is 7.09. The molecule has 116 valence electrons. The van der Waals surface area contributed by atoms with Crippen LogP contribution in [0.4, 0.5) is 0 Å². The number of carbonyl (C=O) groups is 2. The maximum absolute atomic E-state index is 12.4. The van der Waals surface area contributed by atoms with Crippen molar-refractivity contribution in [1.82, 2.24) is 10.3 Å². The van der Waals surface area contributed by atoms with Crippen LogP contribution in [0.15, 0.2) is 29.6 Å². The summed E-state index contributed by atoms with van der Waals surface area (Å²) in [6, 6.07) is 7.48. The average molecular weight is 318 g/mol. The predicted molar refractivity (Wildman–Crippen MR) is 85.4 cm³/mol. The lowest BCUT2D eigenvalue weighted by Gasteiger charge is -2.22. The molecule has 0 bridgehead atoms. The fourth-order valence-corrected chi connectivity index (χ4v) is 2.78. The fourth-order valence-electron chi connectivity index (χ4n) is 2.08. The first-order chi connectivity index (χ1) is 10.3. The number of nitrogens with zero attached hydrogens (tertiary/aromatic N) is 1. The van der Waals surface area contributed by atoms with Crippen molar-refractivity contribution < 1.29 is 14.7 Å². The van der Waals surface area contributed by atoms with Crippen molar-refractivity contribution in [2.75, 3.05) is 0 Å². The molecule has 0 atom stereocenters. The first-order valence-electron chi connectivity index (χ1n) is 6.84. The Morgan fingerprint density at radius 3 is 2.55 bits per heavy atom. The zero-order valence-electron chi connectivity index (χ0n) is 12.7. The smallest absolute Gasteiger partial charge is 0.355 e. The Bertz CT molecular complexity index is 701. The van der Waals surface area contributed by atoms with Crippen LogP contribution in [0.25, 0.3) is 0 Å². The van der Waals surface area contributed by atoms with Gasteiger partial charge in [0.15, 0.2) is 5.69 Å². The zero-order chi connectivity index (χ0) is 16.3. The standard InChI is InChI=1S/C16H18N2O3S/c1-16(2,3)11-7-5-4-6-10(11)14(19)17-8-13-18-12(9-22-13)15(20)21/h4-7,9H,8H2,1-3H3,(H,17,19)(H,20,21). The van der Waals surface area contributed by atoms with E-state index in [0.29, 0.717) is 10.6 Å². The minimum atomic E-state index is -1.06. The Hall–Kier alpha value is -2.21. The summed E-state index contributed by atoms with van der Waals surface area (Å²) in [6.45, 7) is 6.38. The van der Waals surface area contributed by atoms with E-state index >= 15 is 0 Å². The lowest BCUT2D eigenvalue weighted by molar-refractivity contribution is 0.0691. The van der Waals surface area contributed by atoms with E-state index in [1.54, 1.807) is 6.07 Å². The quantitative estimate of drug-likeness (QED) is 0.908. The number of carbonyl (C=O) groups excluding carboxylic acids is 1.